The Morgan fingerprint density at radius 2 is 1.87 bits per heavy atom. The monoisotopic (exact) mass is 449 g/mol. The second-order valence-electron chi connectivity index (χ2n) is 7.29. The van der Waals surface area contributed by atoms with E-state index in [4.69, 9.17) is 11.6 Å². The molecule has 0 saturated carbocycles. The number of benzene rings is 2. The maximum atomic E-state index is 14.2. The van der Waals surface area contributed by atoms with Crippen LogP contribution in [0, 0.1) is 5.92 Å². The van der Waals surface area contributed by atoms with Crippen LogP contribution in [-0.4, -0.2) is 27.7 Å². The topological polar surface area (TPSA) is 48.7 Å². The SMILES string of the molecule is O[C@]1(C(F)(F)F)[C@H]2CCc3ccccc3C2=NN1c1nc(-c2ccc(Cl)cc2)cs1. The average molecular weight is 450 g/mol. The second-order valence-corrected chi connectivity index (χ2v) is 8.56. The van der Waals surface area contributed by atoms with Crippen LogP contribution in [-0.2, 0) is 6.42 Å². The van der Waals surface area contributed by atoms with E-state index in [1.807, 2.05) is 12.1 Å². The first-order valence-electron chi connectivity index (χ1n) is 9.26. The Labute approximate surface area is 179 Å². The Morgan fingerprint density at radius 1 is 1.13 bits per heavy atom. The number of hydrogen-bond donors (Lipinski definition) is 1. The molecule has 5 rings (SSSR count). The molecular weight excluding hydrogens is 435 g/mol. The fourth-order valence-corrected chi connectivity index (χ4v) is 5.04. The highest BCUT2D eigenvalue weighted by Crippen LogP contribution is 2.51. The van der Waals surface area contributed by atoms with Crippen LogP contribution in [0.4, 0.5) is 18.3 Å². The fraction of sp³-hybridized carbons (Fsp3) is 0.238. The van der Waals surface area contributed by atoms with Crippen molar-refractivity contribution >= 4 is 33.8 Å². The van der Waals surface area contributed by atoms with Gasteiger partial charge in [0.2, 0.25) is 5.13 Å². The normalized spacial score (nSPS) is 23.2. The van der Waals surface area contributed by atoms with Gasteiger partial charge in [-0.1, -0.05) is 48.0 Å². The highest BCUT2D eigenvalue weighted by Gasteiger charge is 2.68. The highest BCUT2D eigenvalue weighted by molar-refractivity contribution is 7.14. The zero-order chi connectivity index (χ0) is 21.1. The number of hydrazone groups is 1. The minimum atomic E-state index is -4.92. The number of nitrogens with zero attached hydrogens (tertiary/aromatic N) is 3. The van der Waals surface area contributed by atoms with Gasteiger partial charge in [0.25, 0.3) is 5.72 Å². The first-order valence-corrected chi connectivity index (χ1v) is 10.5. The highest BCUT2D eigenvalue weighted by atomic mass is 35.5. The van der Waals surface area contributed by atoms with Crippen LogP contribution >= 0.6 is 22.9 Å². The minimum Gasteiger partial charge on any atom is -0.362 e. The van der Waals surface area contributed by atoms with E-state index in [9.17, 15) is 18.3 Å². The van der Waals surface area contributed by atoms with Crippen molar-refractivity contribution in [3.05, 3.63) is 70.1 Å². The van der Waals surface area contributed by atoms with Gasteiger partial charge in [-0.3, -0.25) is 0 Å². The molecular formula is C21H15ClF3N3OS. The molecule has 2 atom stereocenters. The van der Waals surface area contributed by atoms with Gasteiger partial charge in [0, 0.05) is 21.5 Å². The molecule has 2 aliphatic rings. The van der Waals surface area contributed by atoms with Crippen molar-refractivity contribution in [2.45, 2.75) is 24.7 Å². The van der Waals surface area contributed by atoms with Gasteiger partial charge >= 0.3 is 6.18 Å². The fourth-order valence-electron chi connectivity index (χ4n) is 4.08. The van der Waals surface area contributed by atoms with Gasteiger partial charge in [-0.05, 0) is 30.5 Å². The lowest BCUT2D eigenvalue weighted by molar-refractivity contribution is -0.268. The molecule has 1 aromatic heterocycles. The molecule has 0 fully saturated rings. The smallest absolute Gasteiger partial charge is 0.362 e. The Bertz CT molecular complexity index is 1140. The van der Waals surface area contributed by atoms with Crippen molar-refractivity contribution in [1.82, 2.24) is 4.98 Å². The summed E-state index contributed by atoms with van der Waals surface area (Å²) in [6.07, 6.45) is -4.32. The van der Waals surface area contributed by atoms with Crippen molar-refractivity contribution in [1.29, 1.82) is 0 Å². The summed E-state index contributed by atoms with van der Waals surface area (Å²) in [4.78, 5) is 4.35. The molecule has 2 aromatic carbocycles. The van der Waals surface area contributed by atoms with Crippen LogP contribution < -0.4 is 5.01 Å². The van der Waals surface area contributed by atoms with E-state index in [1.54, 1.807) is 41.8 Å². The summed E-state index contributed by atoms with van der Waals surface area (Å²) < 4.78 is 42.6. The van der Waals surface area contributed by atoms with Crippen LogP contribution in [0.25, 0.3) is 11.3 Å². The second kappa shape index (κ2) is 6.80. The lowest BCUT2D eigenvalue weighted by Crippen LogP contribution is -2.60. The summed E-state index contributed by atoms with van der Waals surface area (Å²) in [5, 5.41) is 18.1. The van der Waals surface area contributed by atoms with Gasteiger partial charge in [-0.15, -0.1) is 11.3 Å². The maximum Gasteiger partial charge on any atom is 0.439 e. The van der Waals surface area contributed by atoms with E-state index in [2.05, 4.69) is 10.1 Å². The maximum absolute atomic E-state index is 14.2. The molecule has 30 heavy (non-hydrogen) atoms. The molecule has 0 amide bonds. The Kier molecular flexibility index (Phi) is 4.43. The van der Waals surface area contributed by atoms with Crippen LogP contribution in [0.3, 0.4) is 0 Å². The number of anilines is 1. The van der Waals surface area contributed by atoms with Crippen molar-refractivity contribution < 1.29 is 18.3 Å². The Balaban J connectivity index is 1.61. The molecule has 154 valence electrons. The first kappa shape index (κ1) is 19.5. The van der Waals surface area contributed by atoms with Gasteiger partial charge in [0.1, 0.15) is 0 Å². The number of aromatic nitrogens is 1. The van der Waals surface area contributed by atoms with Crippen molar-refractivity contribution in [3.8, 4) is 11.3 Å². The summed E-state index contributed by atoms with van der Waals surface area (Å²) >= 11 is 6.91. The summed E-state index contributed by atoms with van der Waals surface area (Å²) in [5.41, 5.74) is -0.114. The average Bonchev–Trinajstić information content (AvgIpc) is 3.32. The van der Waals surface area contributed by atoms with Crippen molar-refractivity contribution in [3.63, 3.8) is 0 Å². The van der Waals surface area contributed by atoms with E-state index in [0.29, 0.717) is 33.3 Å². The lowest BCUT2D eigenvalue weighted by Gasteiger charge is -2.38. The number of aryl methyl sites for hydroxylation is 1. The van der Waals surface area contributed by atoms with Gasteiger partial charge < -0.3 is 5.11 Å². The molecule has 9 heteroatoms. The number of alkyl halides is 3. The Hall–Kier alpha value is -2.42. The van der Waals surface area contributed by atoms with Gasteiger partial charge in [-0.25, -0.2) is 4.98 Å². The van der Waals surface area contributed by atoms with Crippen LogP contribution in [0.1, 0.15) is 17.5 Å². The molecule has 4 nitrogen and oxygen atoms in total. The predicted octanol–water partition coefficient (Wildman–Crippen LogP) is 5.50. The largest absolute Gasteiger partial charge is 0.439 e. The molecule has 1 aliphatic carbocycles. The molecule has 0 saturated heterocycles. The lowest BCUT2D eigenvalue weighted by atomic mass is 9.77. The number of aliphatic hydroxyl groups is 1. The first-order chi connectivity index (χ1) is 14.3. The summed E-state index contributed by atoms with van der Waals surface area (Å²) in [6.45, 7) is 0. The zero-order valence-electron chi connectivity index (χ0n) is 15.4. The van der Waals surface area contributed by atoms with E-state index in [0.717, 1.165) is 16.9 Å². The van der Waals surface area contributed by atoms with Crippen molar-refractivity contribution in [2.24, 2.45) is 11.0 Å². The molecule has 2 heterocycles. The molecule has 1 N–H and O–H groups in total. The zero-order valence-corrected chi connectivity index (χ0v) is 17.0. The molecule has 0 unspecified atom stereocenters. The van der Waals surface area contributed by atoms with Crippen LogP contribution in [0.15, 0.2) is 59.0 Å². The van der Waals surface area contributed by atoms with E-state index in [-0.39, 0.29) is 17.3 Å². The molecule has 0 spiro atoms. The quantitative estimate of drug-likeness (QED) is 0.562. The molecule has 3 aromatic rings. The number of rotatable bonds is 2. The number of thiazole rings is 1. The molecule has 0 bridgehead atoms. The van der Waals surface area contributed by atoms with E-state index < -0.39 is 17.8 Å². The third-order valence-electron chi connectivity index (χ3n) is 5.57. The standard InChI is InChI=1S/C21H15ClF3N3OS/c22-14-8-5-13(6-9-14)17-11-30-19(26-17)28-20(29,21(23,24)25)16-10-7-12-3-1-2-4-15(12)18(16)27-28/h1-6,8-9,11,16,29H,7,10H2/t16-,20-/m0/s1. The number of hydrogen-bond acceptors (Lipinski definition) is 5. The number of fused-ring (bicyclic) bond motifs is 3. The predicted molar refractivity (Wildman–Crippen MR) is 111 cm³/mol. The van der Waals surface area contributed by atoms with Crippen molar-refractivity contribution in [2.75, 3.05) is 5.01 Å². The summed E-state index contributed by atoms with van der Waals surface area (Å²) in [5.74, 6) is -1.18. The summed E-state index contributed by atoms with van der Waals surface area (Å²) in [7, 11) is 0. The van der Waals surface area contributed by atoms with Gasteiger partial charge in [0.05, 0.1) is 17.3 Å². The molecule has 0 radical (unpaired) electrons. The van der Waals surface area contributed by atoms with Gasteiger partial charge in [0.15, 0.2) is 0 Å². The van der Waals surface area contributed by atoms with Gasteiger partial charge in [-0.2, -0.15) is 23.3 Å². The molecule has 1 aliphatic heterocycles. The third kappa shape index (κ3) is 2.85. The van der Waals surface area contributed by atoms with E-state index in [1.165, 1.54) is 0 Å². The summed E-state index contributed by atoms with van der Waals surface area (Å²) in [6, 6.07) is 14.1. The number of halogens is 4. The third-order valence-corrected chi connectivity index (χ3v) is 6.64. The van der Waals surface area contributed by atoms with Crippen LogP contribution in [0.5, 0.6) is 0 Å². The van der Waals surface area contributed by atoms with Crippen LogP contribution in [0.2, 0.25) is 5.02 Å². The Morgan fingerprint density at radius 3 is 2.60 bits per heavy atom. The minimum absolute atomic E-state index is 0.0147. The van der Waals surface area contributed by atoms with E-state index >= 15 is 0 Å².